The Hall–Kier alpha value is -5.22. The quantitative estimate of drug-likeness (QED) is 0.146. The van der Waals surface area contributed by atoms with Gasteiger partial charge in [0.15, 0.2) is 5.78 Å². The first-order valence-corrected chi connectivity index (χ1v) is 14.3. The van der Waals surface area contributed by atoms with E-state index in [1.165, 1.54) is 24.8 Å². The van der Waals surface area contributed by atoms with Crippen LogP contribution < -0.4 is 15.5 Å². The van der Waals surface area contributed by atoms with E-state index in [2.05, 4.69) is 10.6 Å². The molecule has 3 aromatic carbocycles. The van der Waals surface area contributed by atoms with Gasteiger partial charge in [0.1, 0.15) is 17.2 Å². The van der Waals surface area contributed by atoms with E-state index in [0.717, 1.165) is 4.90 Å². The molecule has 1 fully saturated rings. The Kier molecular flexibility index (Phi) is 8.68. The molecule has 216 valence electrons. The molecule has 43 heavy (non-hydrogen) atoms. The number of benzene rings is 3. The van der Waals surface area contributed by atoms with E-state index >= 15 is 0 Å². The summed E-state index contributed by atoms with van der Waals surface area (Å²) in [5, 5.41) is 4.80. The second-order valence-corrected chi connectivity index (χ2v) is 11.1. The lowest BCUT2D eigenvalue weighted by Crippen LogP contribution is -2.31. The maximum absolute atomic E-state index is 13.3. The van der Waals surface area contributed by atoms with Crippen LogP contribution in [0.3, 0.4) is 0 Å². The molecule has 5 rings (SSSR count). The fourth-order valence-corrected chi connectivity index (χ4v) is 5.55. The zero-order valence-electron chi connectivity index (χ0n) is 23.3. The Morgan fingerprint density at radius 1 is 0.907 bits per heavy atom. The van der Waals surface area contributed by atoms with Crippen molar-refractivity contribution in [3.05, 3.63) is 119 Å². The van der Waals surface area contributed by atoms with Crippen LogP contribution in [-0.4, -0.2) is 34.7 Å². The molecule has 0 unspecified atom stereocenters. The molecule has 1 saturated heterocycles. The number of anilines is 2. The zero-order valence-corrected chi connectivity index (χ0v) is 24.1. The van der Waals surface area contributed by atoms with Crippen LogP contribution in [0.25, 0.3) is 6.08 Å². The van der Waals surface area contributed by atoms with Crippen LogP contribution in [0.15, 0.2) is 106 Å². The molecule has 0 aliphatic carbocycles. The molecule has 1 aromatic heterocycles. The topological polar surface area (TPSA) is 126 Å². The van der Waals surface area contributed by atoms with Crippen LogP contribution in [0.2, 0.25) is 0 Å². The maximum atomic E-state index is 13.3. The third-order valence-electron chi connectivity index (χ3n) is 6.58. The zero-order chi connectivity index (χ0) is 30.5. The summed E-state index contributed by atoms with van der Waals surface area (Å²) in [4.78, 5) is 65.5. The van der Waals surface area contributed by atoms with E-state index in [0.29, 0.717) is 38.9 Å². The van der Waals surface area contributed by atoms with Crippen molar-refractivity contribution in [2.24, 2.45) is 0 Å². The molecule has 0 radical (unpaired) electrons. The van der Waals surface area contributed by atoms with E-state index in [1.54, 1.807) is 97.9 Å². The SMILES string of the molecule is CC(=O)c1ccc(N2C(=O)C[C@@H](Sc3cccc(NC(=O)/C(=C/c4ccc(C)o4)NC(=O)c4ccccc4)c3)C2=O)cc1. The number of nitrogens with zero attached hydrogens (tertiary/aromatic N) is 1. The molecular weight excluding hydrogens is 566 g/mol. The summed E-state index contributed by atoms with van der Waals surface area (Å²) >= 11 is 1.22. The second kappa shape index (κ2) is 12.7. The first-order valence-electron chi connectivity index (χ1n) is 13.4. The van der Waals surface area contributed by atoms with Gasteiger partial charge < -0.3 is 15.1 Å². The number of carbonyl (C=O) groups excluding carboxylic acids is 5. The van der Waals surface area contributed by atoms with Gasteiger partial charge in [-0.05, 0) is 80.6 Å². The average Bonchev–Trinajstić information content (AvgIpc) is 3.53. The molecule has 1 aliphatic heterocycles. The number of furan rings is 1. The minimum atomic E-state index is -0.659. The normalized spacial score (nSPS) is 15.0. The molecule has 1 atom stereocenters. The van der Waals surface area contributed by atoms with Crippen LogP contribution >= 0.6 is 11.8 Å². The van der Waals surface area contributed by atoms with E-state index in [9.17, 15) is 24.0 Å². The molecule has 4 amide bonds. The predicted octanol–water partition coefficient (Wildman–Crippen LogP) is 5.62. The monoisotopic (exact) mass is 593 g/mol. The first-order chi connectivity index (χ1) is 20.7. The first kappa shape index (κ1) is 29.3. The number of nitrogens with one attached hydrogen (secondary N) is 2. The van der Waals surface area contributed by atoms with Crippen LogP contribution in [0.1, 0.15) is 45.6 Å². The summed E-state index contributed by atoms with van der Waals surface area (Å²) in [6.07, 6.45) is 1.46. The highest BCUT2D eigenvalue weighted by atomic mass is 32.2. The highest BCUT2D eigenvalue weighted by molar-refractivity contribution is 8.00. The van der Waals surface area contributed by atoms with Gasteiger partial charge in [0.25, 0.3) is 11.8 Å². The van der Waals surface area contributed by atoms with Crippen LogP contribution in [0.4, 0.5) is 11.4 Å². The maximum Gasteiger partial charge on any atom is 0.272 e. The highest BCUT2D eigenvalue weighted by Gasteiger charge is 2.40. The van der Waals surface area contributed by atoms with E-state index in [1.807, 2.05) is 0 Å². The number of ketones is 1. The lowest BCUT2D eigenvalue weighted by Gasteiger charge is -2.15. The molecule has 2 heterocycles. The molecule has 0 bridgehead atoms. The van der Waals surface area contributed by atoms with Gasteiger partial charge in [0.05, 0.1) is 10.9 Å². The Labute approximate surface area is 252 Å². The minimum absolute atomic E-state index is 0.00944. The minimum Gasteiger partial charge on any atom is -0.462 e. The molecule has 2 N–H and O–H groups in total. The molecular formula is C33H27N3O6S. The number of hydrogen-bond donors (Lipinski definition) is 2. The number of thioether (sulfide) groups is 1. The molecule has 9 nitrogen and oxygen atoms in total. The summed E-state index contributed by atoms with van der Waals surface area (Å²) < 4.78 is 5.58. The van der Waals surface area contributed by atoms with Crippen molar-refractivity contribution in [3.8, 4) is 0 Å². The number of carbonyl (C=O) groups is 5. The average molecular weight is 594 g/mol. The Bertz CT molecular complexity index is 1740. The molecule has 4 aromatic rings. The molecule has 10 heteroatoms. The number of imide groups is 1. The summed E-state index contributed by atoms with van der Waals surface area (Å²) in [6, 6.07) is 25.2. The molecule has 1 aliphatic rings. The number of aryl methyl sites for hydroxylation is 1. The Balaban J connectivity index is 1.30. The van der Waals surface area contributed by atoms with Crippen molar-refractivity contribution in [1.82, 2.24) is 5.32 Å². The van der Waals surface area contributed by atoms with Crippen molar-refractivity contribution in [2.75, 3.05) is 10.2 Å². The fraction of sp³-hybridized carbons (Fsp3) is 0.121. The van der Waals surface area contributed by atoms with E-state index in [4.69, 9.17) is 4.42 Å². The van der Waals surface area contributed by atoms with Crippen LogP contribution in [-0.2, 0) is 14.4 Å². The summed E-state index contributed by atoms with van der Waals surface area (Å²) in [7, 11) is 0. The lowest BCUT2D eigenvalue weighted by atomic mass is 10.1. The van der Waals surface area contributed by atoms with Gasteiger partial charge in [-0.3, -0.25) is 24.0 Å². The summed E-state index contributed by atoms with van der Waals surface area (Å²) in [5.41, 5.74) is 1.69. The summed E-state index contributed by atoms with van der Waals surface area (Å²) in [5.74, 6) is -0.792. The fourth-order valence-electron chi connectivity index (χ4n) is 4.44. The second-order valence-electron chi connectivity index (χ2n) is 9.79. The predicted molar refractivity (Wildman–Crippen MR) is 164 cm³/mol. The Morgan fingerprint density at radius 3 is 2.33 bits per heavy atom. The van der Waals surface area contributed by atoms with Gasteiger partial charge in [-0.15, -0.1) is 11.8 Å². The van der Waals surface area contributed by atoms with Crippen molar-refractivity contribution >= 4 is 58.6 Å². The highest BCUT2D eigenvalue weighted by Crippen LogP contribution is 2.35. The lowest BCUT2D eigenvalue weighted by molar-refractivity contribution is -0.121. The Morgan fingerprint density at radius 2 is 1.65 bits per heavy atom. The van der Waals surface area contributed by atoms with E-state index in [-0.39, 0.29) is 29.7 Å². The third kappa shape index (κ3) is 6.99. The number of hydrogen-bond acceptors (Lipinski definition) is 7. The van der Waals surface area contributed by atoms with Crippen LogP contribution in [0.5, 0.6) is 0 Å². The van der Waals surface area contributed by atoms with Gasteiger partial charge >= 0.3 is 0 Å². The van der Waals surface area contributed by atoms with Gasteiger partial charge in [-0.1, -0.05) is 24.3 Å². The van der Waals surface area contributed by atoms with Crippen LogP contribution in [0, 0.1) is 6.92 Å². The van der Waals surface area contributed by atoms with E-state index < -0.39 is 17.1 Å². The number of rotatable bonds is 9. The van der Waals surface area contributed by atoms with Crippen molar-refractivity contribution in [3.63, 3.8) is 0 Å². The third-order valence-corrected chi connectivity index (χ3v) is 7.76. The van der Waals surface area contributed by atoms with Gasteiger partial charge in [-0.2, -0.15) is 0 Å². The van der Waals surface area contributed by atoms with Crippen molar-refractivity contribution < 1.29 is 28.4 Å². The summed E-state index contributed by atoms with van der Waals surface area (Å²) in [6.45, 7) is 3.22. The standard InChI is InChI=1S/C33H27N3O6S/c1-20-11-16-26(42-20)18-28(35-31(39)23-7-4-3-5-8-23)32(40)34-24-9-6-10-27(17-24)43-29-19-30(38)36(33(29)41)25-14-12-22(13-15-25)21(2)37/h3-18,29H,19H2,1-2H3,(H,34,40)(H,35,39)/b28-18-/t29-/m1/s1. The van der Waals surface area contributed by atoms with Gasteiger partial charge in [0.2, 0.25) is 11.8 Å². The van der Waals surface area contributed by atoms with Gasteiger partial charge in [0, 0.05) is 34.2 Å². The van der Waals surface area contributed by atoms with Gasteiger partial charge in [-0.25, -0.2) is 4.90 Å². The molecule has 0 saturated carbocycles. The molecule has 0 spiro atoms. The largest absolute Gasteiger partial charge is 0.462 e. The van der Waals surface area contributed by atoms with Crippen molar-refractivity contribution in [2.45, 2.75) is 30.4 Å². The van der Waals surface area contributed by atoms with Crippen molar-refractivity contribution in [1.29, 1.82) is 0 Å². The number of Topliss-reactive ketones (excluding diaryl/α,β-unsaturated/α-hetero) is 1. The smallest absolute Gasteiger partial charge is 0.272 e. The number of amides is 4.